The van der Waals surface area contributed by atoms with Crippen LogP contribution in [-0.4, -0.2) is 82.3 Å². The van der Waals surface area contributed by atoms with Gasteiger partial charge in [-0.3, -0.25) is 9.69 Å². The molecular weight excluding hydrogens is 425 g/mol. The number of unbranched alkanes of at least 4 members (excludes halogenated alkanes) is 1. The molecule has 1 aliphatic rings. The molecule has 0 bridgehead atoms. The molecule has 1 aromatic carbocycles. The lowest BCUT2D eigenvalue weighted by atomic mass is 9.81. The maximum Gasteiger partial charge on any atom is 0.451 e. The van der Waals surface area contributed by atoms with Crippen molar-refractivity contribution in [3.63, 3.8) is 0 Å². The molecule has 0 spiro atoms. The van der Waals surface area contributed by atoms with Crippen LogP contribution in [0.4, 0.5) is 19.3 Å². The smallest absolute Gasteiger partial charge is 0.451 e. The molecule has 12 heteroatoms. The SMILES string of the molecule is NC(CCCCB(O)O)(CCCN1CCN(C(=O)Nc2ccc(F)cc2F)CC1)C(=O)O. The number of piperazine rings is 1. The number of aliphatic carboxylic acids is 1. The molecule has 1 unspecified atom stereocenters. The first-order chi connectivity index (χ1) is 15.1. The number of nitrogens with one attached hydrogen (secondary N) is 1. The van der Waals surface area contributed by atoms with E-state index in [9.17, 15) is 23.5 Å². The van der Waals surface area contributed by atoms with Crippen molar-refractivity contribution in [2.24, 2.45) is 5.73 Å². The summed E-state index contributed by atoms with van der Waals surface area (Å²) in [5.74, 6) is -2.63. The summed E-state index contributed by atoms with van der Waals surface area (Å²) < 4.78 is 26.7. The van der Waals surface area contributed by atoms with E-state index >= 15 is 0 Å². The lowest BCUT2D eigenvalue weighted by Gasteiger charge is -2.35. The highest BCUT2D eigenvalue weighted by atomic mass is 19.1. The number of halogens is 2. The standard InChI is InChI=1S/C20H31BF2N4O5/c22-15-4-5-17(16(23)14-15)25-19(30)27-12-10-26(11-13-27)9-3-7-20(24,18(28)29)6-1-2-8-21(31)32/h4-5,14,31-32H,1-3,6-13,24H2,(H,25,30)(H,28,29). The van der Waals surface area contributed by atoms with Crippen molar-refractivity contribution in [1.82, 2.24) is 9.80 Å². The normalized spacial score (nSPS) is 16.5. The number of nitrogens with two attached hydrogens (primary N) is 1. The van der Waals surface area contributed by atoms with Crippen LogP contribution in [0.15, 0.2) is 18.2 Å². The number of benzene rings is 1. The van der Waals surface area contributed by atoms with Gasteiger partial charge in [0.1, 0.15) is 17.2 Å². The van der Waals surface area contributed by atoms with Crippen LogP contribution in [0.1, 0.15) is 32.1 Å². The first kappa shape index (κ1) is 26.0. The van der Waals surface area contributed by atoms with E-state index in [0.717, 1.165) is 6.07 Å². The maximum absolute atomic E-state index is 13.7. The molecule has 0 aliphatic carbocycles. The van der Waals surface area contributed by atoms with Crippen molar-refractivity contribution in [3.05, 3.63) is 29.8 Å². The van der Waals surface area contributed by atoms with Gasteiger partial charge < -0.3 is 31.1 Å². The van der Waals surface area contributed by atoms with Crippen molar-refractivity contribution in [2.75, 3.05) is 38.0 Å². The molecule has 0 radical (unpaired) electrons. The molecule has 32 heavy (non-hydrogen) atoms. The van der Waals surface area contributed by atoms with Crippen LogP contribution < -0.4 is 11.1 Å². The van der Waals surface area contributed by atoms with Gasteiger partial charge in [0.15, 0.2) is 0 Å². The average Bonchev–Trinajstić information content (AvgIpc) is 2.73. The summed E-state index contributed by atoms with van der Waals surface area (Å²) in [4.78, 5) is 27.6. The van der Waals surface area contributed by atoms with Gasteiger partial charge in [-0.05, 0) is 44.3 Å². The van der Waals surface area contributed by atoms with Gasteiger partial charge in [-0.25, -0.2) is 13.6 Å². The van der Waals surface area contributed by atoms with Crippen LogP contribution in [0.2, 0.25) is 6.32 Å². The van der Waals surface area contributed by atoms with Crippen molar-refractivity contribution < 1.29 is 33.5 Å². The lowest BCUT2D eigenvalue weighted by molar-refractivity contribution is -0.144. The summed E-state index contributed by atoms with van der Waals surface area (Å²) in [7, 11) is -1.40. The molecule has 6 N–H and O–H groups in total. The molecule has 1 fully saturated rings. The number of amides is 2. The van der Waals surface area contributed by atoms with Gasteiger partial charge in [0.2, 0.25) is 0 Å². The summed E-state index contributed by atoms with van der Waals surface area (Å²) in [5, 5.41) is 29.7. The molecule has 1 aromatic rings. The first-order valence-corrected chi connectivity index (χ1v) is 10.7. The lowest BCUT2D eigenvalue weighted by Crippen LogP contribution is -2.51. The molecule has 0 aromatic heterocycles. The highest BCUT2D eigenvalue weighted by Crippen LogP contribution is 2.20. The van der Waals surface area contributed by atoms with E-state index in [0.29, 0.717) is 58.1 Å². The number of carbonyl (C=O) groups is 2. The van der Waals surface area contributed by atoms with E-state index in [2.05, 4.69) is 10.2 Å². The molecule has 1 heterocycles. The minimum atomic E-state index is -1.40. The number of nitrogens with zero attached hydrogens (tertiary/aromatic N) is 2. The number of hydrogen-bond acceptors (Lipinski definition) is 6. The zero-order valence-corrected chi connectivity index (χ0v) is 18.0. The number of carboxylic acid groups (broad SMARTS) is 1. The first-order valence-electron chi connectivity index (χ1n) is 10.7. The van der Waals surface area contributed by atoms with Crippen LogP contribution in [0.25, 0.3) is 0 Å². The Morgan fingerprint density at radius 1 is 1.09 bits per heavy atom. The minimum absolute atomic E-state index is 0.0831. The Morgan fingerprint density at radius 3 is 2.34 bits per heavy atom. The third kappa shape index (κ3) is 8.01. The van der Waals surface area contributed by atoms with Crippen molar-refractivity contribution in [1.29, 1.82) is 0 Å². The van der Waals surface area contributed by atoms with Crippen molar-refractivity contribution >= 4 is 24.8 Å². The number of carbonyl (C=O) groups excluding carboxylic acids is 1. The van der Waals surface area contributed by atoms with Crippen LogP contribution >= 0.6 is 0 Å². The highest BCUT2D eigenvalue weighted by Gasteiger charge is 2.33. The quantitative estimate of drug-likeness (QED) is 0.250. The minimum Gasteiger partial charge on any atom is -0.480 e. The Labute approximate surface area is 186 Å². The molecule has 1 atom stereocenters. The predicted octanol–water partition coefficient (Wildman–Crippen LogP) is 1.32. The predicted molar refractivity (Wildman–Crippen MR) is 116 cm³/mol. The molecule has 1 saturated heterocycles. The van der Waals surface area contributed by atoms with Gasteiger partial charge >= 0.3 is 19.1 Å². The average molecular weight is 456 g/mol. The second-order valence-electron chi connectivity index (χ2n) is 8.17. The third-order valence-electron chi connectivity index (χ3n) is 5.69. The van der Waals surface area contributed by atoms with Crippen LogP contribution in [0, 0.1) is 11.6 Å². The number of anilines is 1. The monoisotopic (exact) mass is 456 g/mol. The fourth-order valence-corrected chi connectivity index (χ4v) is 3.68. The Kier molecular flexibility index (Phi) is 9.82. The summed E-state index contributed by atoms with van der Waals surface area (Å²) in [6.07, 6.45) is 2.26. The van der Waals surface area contributed by atoms with E-state index < -0.39 is 36.3 Å². The Hall–Kier alpha value is -2.28. The topological polar surface area (TPSA) is 139 Å². The summed E-state index contributed by atoms with van der Waals surface area (Å²) in [5.41, 5.74) is 4.63. The molecule has 0 saturated carbocycles. The number of hydrogen-bond donors (Lipinski definition) is 5. The van der Waals surface area contributed by atoms with Gasteiger partial charge in [0, 0.05) is 32.2 Å². The van der Waals surface area contributed by atoms with Gasteiger partial charge in [0.25, 0.3) is 0 Å². The second kappa shape index (κ2) is 12.1. The third-order valence-corrected chi connectivity index (χ3v) is 5.69. The zero-order chi connectivity index (χ0) is 23.7. The van der Waals surface area contributed by atoms with Crippen LogP contribution in [0.3, 0.4) is 0 Å². The Morgan fingerprint density at radius 2 is 1.75 bits per heavy atom. The number of carboxylic acids is 1. The molecule has 2 rings (SSSR count). The highest BCUT2D eigenvalue weighted by molar-refractivity contribution is 6.40. The van der Waals surface area contributed by atoms with Crippen molar-refractivity contribution in [2.45, 2.75) is 44.0 Å². The zero-order valence-electron chi connectivity index (χ0n) is 18.0. The molecule has 2 amide bonds. The van der Waals surface area contributed by atoms with Crippen molar-refractivity contribution in [3.8, 4) is 0 Å². The fourth-order valence-electron chi connectivity index (χ4n) is 3.68. The van der Waals surface area contributed by atoms with E-state index in [-0.39, 0.29) is 24.8 Å². The summed E-state index contributed by atoms with van der Waals surface area (Å²) in [6, 6.07) is 2.49. The number of rotatable bonds is 11. The fraction of sp³-hybridized carbons (Fsp3) is 0.600. The molecule has 1 aliphatic heterocycles. The van der Waals surface area contributed by atoms with Gasteiger partial charge in [-0.15, -0.1) is 0 Å². The Bertz CT molecular complexity index is 780. The van der Waals surface area contributed by atoms with Gasteiger partial charge in [0.05, 0.1) is 5.69 Å². The van der Waals surface area contributed by atoms with E-state index in [1.54, 1.807) is 4.90 Å². The number of urea groups is 1. The molecule has 9 nitrogen and oxygen atoms in total. The van der Waals surface area contributed by atoms with Gasteiger partial charge in [-0.1, -0.05) is 12.8 Å². The van der Waals surface area contributed by atoms with Gasteiger partial charge in [-0.2, -0.15) is 0 Å². The Balaban J connectivity index is 1.72. The summed E-state index contributed by atoms with van der Waals surface area (Å²) >= 11 is 0. The van der Waals surface area contributed by atoms with E-state index in [1.165, 1.54) is 6.07 Å². The summed E-state index contributed by atoms with van der Waals surface area (Å²) in [6.45, 7) is 2.63. The molecule has 178 valence electrons. The van der Waals surface area contributed by atoms with Crippen LogP contribution in [-0.2, 0) is 4.79 Å². The second-order valence-corrected chi connectivity index (χ2v) is 8.17. The maximum atomic E-state index is 13.7. The van der Waals surface area contributed by atoms with Crippen LogP contribution in [0.5, 0.6) is 0 Å². The van der Waals surface area contributed by atoms with E-state index in [4.69, 9.17) is 15.8 Å². The van der Waals surface area contributed by atoms with E-state index in [1.807, 2.05) is 0 Å². The largest absolute Gasteiger partial charge is 0.480 e. The molecular formula is C20H31BF2N4O5.